The first kappa shape index (κ1) is 18.7. The summed E-state index contributed by atoms with van der Waals surface area (Å²) in [5.74, 6) is -0.475. The fraction of sp³-hybridized carbons (Fsp3) is 0.421. The normalized spacial score (nSPS) is 11.8. The van der Waals surface area contributed by atoms with Crippen LogP contribution in [0.15, 0.2) is 30.5 Å². The largest absolute Gasteiger partial charge is 0.356 e. The number of hydrogen-bond donors (Lipinski definition) is 3. The van der Waals surface area contributed by atoms with Crippen LogP contribution < -0.4 is 10.6 Å². The molecule has 6 nitrogen and oxygen atoms in total. The van der Waals surface area contributed by atoms with Crippen molar-refractivity contribution in [2.45, 2.75) is 33.6 Å². The molecule has 1 aromatic heterocycles. The number of nitrogens with zero attached hydrogens (tertiary/aromatic N) is 1. The summed E-state index contributed by atoms with van der Waals surface area (Å²) in [6, 6.07) is 7.39. The number of aryl methyl sites for hydroxylation is 3. The molecule has 0 bridgehead atoms. The van der Waals surface area contributed by atoms with Crippen molar-refractivity contribution in [2.24, 2.45) is 5.92 Å². The van der Waals surface area contributed by atoms with Crippen molar-refractivity contribution in [2.75, 3.05) is 13.1 Å². The van der Waals surface area contributed by atoms with Crippen molar-refractivity contribution in [3.05, 3.63) is 52.8 Å². The van der Waals surface area contributed by atoms with Crippen LogP contribution in [0.25, 0.3) is 0 Å². The van der Waals surface area contributed by atoms with E-state index in [9.17, 15) is 9.59 Å². The van der Waals surface area contributed by atoms with Crippen molar-refractivity contribution in [1.29, 1.82) is 0 Å². The third kappa shape index (κ3) is 5.74. The van der Waals surface area contributed by atoms with Crippen LogP contribution in [0.1, 0.15) is 40.5 Å². The van der Waals surface area contributed by atoms with Gasteiger partial charge in [0.15, 0.2) is 0 Å². The Morgan fingerprint density at radius 2 is 2.04 bits per heavy atom. The first-order valence-electron chi connectivity index (χ1n) is 8.59. The Bertz CT molecular complexity index is 724. The van der Waals surface area contributed by atoms with Crippen LogP contribution in [0, 0.1) is 19.8 Å². The summed E-state index contributed by atoms with van der Waals surface area (Å²) >= 11 is 0. The molecule has 1 aromatic carbocycles. The molecule has 1 atom stereocenters. The van der Waals surface area contributed by atoms with Gasteiger partial charge >= 0.3 is 0 Å². The maximum Gasteiger partial charge on any atom is 0.251 e. The van der Waals surface area contributed by atoms with Crippen LogP contribution in [0.3, 0.4) is 0 Å². The molecule has 1 heterocycles. The summed E-state index contributed by atoms with van der Waals surface area (Å²) in [5, 5.41) is 12.6. The minimum atomic E-state index is -0.274. The van der Waals surface area contributed by atoms with E-state index >= 15 is 0 Å². The lowest BCUT2D eigenvalue weighted by Gasteiger charge is -2.13. The highest BCUT2D eigenvalue weighted by molar-refractivity contribution is 5.94. The zero-order chi connectivity index (χ0) is 18.2. The van der Waals surface area contributed by atoms with Crippen LogP contribution >= 0.6 is 0 Å². The summed E-state index contributed by atoms with van der Waals surface area (Å²) in [7, 11) is 0. The fourth-order valence-electron chi connectivity index (χ4n) is 2.52. The molecular weight excluding hydrogens is 316 g/mol. The van der Waals surface area contributed by atoms with Gasteiger partial charge in [0.2, 0.25) is 5.91 Å². The molecule has 3 N–H and O–H groups in total. The average Bonchev–Trinajstić information content (AvgIpc) is 3.01. The van der Waals surface area contributed by atoms with Crippen molar-refractivity contribution in [1.82, 2.24) is 20.8 Å². The number of nitrogens with one attached hydrogen (secondary N) is 3. The molecule has 2 rings (SSSR count). The highest BCUT2D eigenvalue weighted by Gasteiger charge is 2.14. The second-order valence-electron chi connectivity index (χ2n) is 6.40. The van der Waals surface area contributed by atoms with Crippen LogP contribution in [0.4, 0.5) is 0 Å². The molecule has 0 unspecified atom stereocenters. The summed E-state index contributed by atoms with van der Waals surface area (Å²) in [5.41, 5.74) is 3.89. The zero-order valence-electron chi connectivity index (χ0n) is 15.1. The van der Waals surface area contributed by atoms with E-state index in [1.807, 2.05) is 45.2 Å². The average molecular weight is 342 g/mol. The van der Waals surface area contributed by atoms with Gasteiger partial charge in [-0.15, -0.1) is 0 Å². The quantitative estimate of drug-likeness (QED) is 0.642. The molecule has 6 heteroatoms. The second-order valence-corrected chi connectivity index (χ2v) is 6.40. The molecule has 0 fully saturated rings. The van der Waals surface area contributed by atoms with Gasteiger partial charge < -0.3 is 10.6 Å². The van der Waals surface area contributed by atoms with E-state index in [0.717, 1.165) is 24.1 Å². The number of carbonyl (C=O) groups is 2. The molecule has 2 amide bonds. The standard InChI is InChI=1S/C19H26N4O2/c1-13-6-4-7-16(10-13)19(25)21-11-14(2)18(24)20-9-5-8-17-12-22-23-15(17)3/h4,6-7,10,12,14H,5,8-9,11H2,1-3H3,(H,20,24)(H,21,25)(H,22,23)/t14-/m1/s1. The Kier molecular flexibility index (Phi) is 6.74. The number of aromatic amines is 1. The number of benzene rings is 1. The molecule has 25 heavy (non-hydrogen) atoms. The third-order valence-corrected chi connectivity index (χ3v) is 4.15. The third-order valence-electron chi connectivity index (χ3n) is 4.15. The monoisotopic (exact) mass is 342 g/mol. The highest BCUT2D eigenvalue weighted by Crippen LogP contribution is 2.06. The first-order chi connectivity index (χ1) is 12.0. The van der Waals surface area contributed by atoms with Gasteiger partial charge in [0.25, 0.3) is 5.91 Å². The Morgan fingerprint density at radius 1 is 1.24 bits per heavy atom. The highest BCUT2D eigenvalue weighted by atomic mass is 16.2. The van der Waals surface area contributed by atoms with E-state index in [1.165, 1.54) is 5.56 Å². The van der Waals surface area contributed by atoms with Crippen LogP contribution in [0.2, 0.25) is 0 Å². The summed E-state index contributed by atoms with van der Waals surface area (Å²) in [6.07, 6.45) is 3.55. The van der Waals surface area contributed by atoms with E-state index in [0.29, 0.717) is 18.7 Å². The number of amides is 2. The van der Waals surface area contributed by atoms with Crippen LogP contribution in [0.5, 0.6) is 0 Å². The van der Waals surface area contributed by atoms with Crippen LogP contribution in [-0.2, 0) is 11.2 Å². The van der Waals surface area contributed by atoms with Gasteiger partial charge in [-0.2, -0.15) is 5.10 Å². The van der Waals surface area contributed by atoms with E-state index in [2.05, 4.69) is 20.8 Å². The summed E-state index contributed by atoms with van der Waals surface area (Å²) in [4.78, 5) is 24.2. The predicted molar refractivity (Wildman–Crippen MR) is 97.3 cm³/mol. The SMILES string of the molecule is Cc1cccc(C(=O)NC[C@@H](C)C(=O)NCCCc2cn[nH]c2C)c1. The smallest absolute Gasteiger partial charge is 0.251 e. The van der Waals surface area contributed by atoms with Gasteiger partial charge in [-0.1, -0.05) is 24.6 Å². The minimum Gasteiger partial charge on any atom is -0.356 e. The lowest BCUT2D eigenvalue weighted by molar-refractivity contribution is -0.124. The maximum atomic E-state index is 12.1. The predicted octanol–water partition coefficient (Wildman–Crippen LogP) is 2.14. The van der Waals surface area contributed by atoms with Crippen molar-refractivity contribution in [3.63, 3.8) is 0 Å². The maximum absolute atomic E-state index is 12.1. The molecule has 0 aliphatic rings. The molecule has 0 aliphatic carbocycles. The lowest BCUT2D eigenvalue weighted by atomic mass is 10.1. The van der Waals surface area contributed by atoms with E-state index in [-0.39, 0.29) is 17.7 Å². The number of aromatic nitrogens is 2. The lowest BCUT2D eigenvalue weighted by Crippen LogP contribution is -2.37. The fourth-order valence-corrected chi connectivity index (χ4v) is 2.52. The molecule has 0 aliphatic heterocycles. The summed E-state index contributed by atoms with van der Waals surface area (Å²) in [6.45, 7) is 6.67. The molecule has 0 radical (unpaired) electrons. The van der Waals surface area contributed by atoms with Gasteiger partial charge in [0, 0.05) is 24.3 Å². The van der Waals surface area contributed by atoms with Gasteiger partial charge in [-0.25, -0.2) is 0 Å². The van der Waals surface area contributed by atoms with Crippen LogP contribution in [-0.4, -0.2) is 35.1 Å². The van der Waals surface area contributed by atoms with Gasteiger partial charge in [0.1, 0.15) is 0 Å². The van der Waals surface area contributed by atoms with E-state index in [4.69, 9.17) is 0 Å². The molecule has 134 valence electrons. The van der Waals surface area contributed by atoms with Crippen molar-refractivity contribution >= 4 is 11.8 Å². The molecule has 2 aromatic rings. The van der Waals surface area contributed by atoms with Gasteiger partial charge in [-0.05, 0) is 44.4 Å². The zero-order valence-corrected chi connectivity index (χ0v) is 15.1. The van der Waals surface area contributed by atoms with Gasteiger partial charge in [-0.3, -0.25) is 14.7 Å². The Balaban J connectivity index is 1.67. The Morgan fingerprint density at radius 3 is 2.72 bits per heavy atom. The van der Waals surface area contributed by atoms with E-state index in [1.54, 1.807) is 6.07 Å². The van der Waals surface area contributed by atoms with E-state index < -0.39 is 0 Å². The molecular formula is C19H26N4O2. The minimum absolute atomic E-state index is 0.0477. The molecule has 0 saturated carbocycles. The Labute approximate surface area is 148 Å². The first-order valence-corrected chi connectivity index (χ1v) is 8.59. The second kappa shape index (κ2) is 9.01. The Hall–Kier alpha value is -2.63. The van der Waals surface area contributed by atoms with Gasteiger partial charge in [0.05, 0.1) is 12.1 Å². The number of carbonyl (C=O) groups excluding carboxylic acids is 2. The number of hydrogen-bond acceptors (Lipinski definition) is 3. The number of H-pyrrole nitrogens is 1. The number of rotatable bonds is 8. The topological polar surface area (TPSA) is 86.9 Å². The molecule has 0 saturated heterocycles. The van der Waals surface area contributed by atoms with Crippen molar-refractivity contribution < 1.29 is 9.59 Å². The van der Waals surface area contributed by atoms with Crippen molar-refractivity contribution in [3.8, 4) is 0 Å². The molecule has 0 spiro atoms. The summed E-state index contributed by atoms with van der Waals surface area (Å²) < 4.78 is 0.